The fourth-order valence-corrected chi connectivity index (χ4v) is 2.24. The second-order valence-electron chi connectivity index (χ2n) is 5.40. The van der Waals surface area contributed by atoms with E-state index in [1.807, 2.05) is 24.3 Å². The SMILES string of the molecule is C=C[C@H](CC1=C(C)C(=O)OC(C)(C)O1)c1ccccc1. The van der Waals surface area contributed by atoms with Crippen molar-refractivity contribution in [2.24, 2.45) is 0 Å². The van der Waals surface area contributed by atoms with Gasteiger partial charge >= 0.3 is 5.97 Å². The largest absolute Gasteiger partial charge is 0.457 e. The molecule has 0 fully saturated rings. The summed E-state index contributed by atoms with van der Waals surface area (Å²) < 4.78 is 11.0. The minimum Gasteiger partial charge on any atom is -0.457 e. The summed E-state index contributed by atoms with van der Waals surface area (Å²) in [7, 11) is 0. The number of cyclic esters (lactones) is 1. The highest BCUT2D eigenvalue weighted by atomic mass is 16.7. The molecule has 0 unspecified atom stereocenters. The lowest BCUT2D eigenvalue weighted by molar-refractivity contribution is -0.208. The van der Waals surface area contributed by atoms with Crippen molar-refractivity contribution >= 4 is 5.97 Å². The highest BCUT2D eigenvalue weighted by Gasteiger charge is 2.34. The minimum absolute atomic E-state index is 0.114. The molecule has 0 amide bonds. The van der Waals surface area contributed by atoms with E-state index in [1.165, 1.54) is 0 Å². The van der Waals surface area contributed by atoms with Crippen LogP contribution in [0.1, 0.15) is 38.7 Å². The summed E-state index contributed by atoms with van der Waals surface area (Å²) in [6, 6.07) is 10.1. The molecule has 0 saturated heterocycles. The zero-order chi connectivity index (χ0) is 14.8. The Morgan fingerprint density at radius 1 is 1.25 bits per heavy atom. The third kappa shape index (κ3) is 3.10. The van der Waals surface area contributed by atoms with Crippen LogP contribution in [0.25, 0.3) is 0 Å². The summed E-state index contributed by atoms with van der Waals surface area (Å²) in [5, 5.41) is 0. The van der Waals surface area contributed by atoms with E-state index in [0.29, 0.717) is 17.8 Å². The second kappa shape index (κ2) is 5.53. The van der Waals surface area contributed by atoms with Gasteiger partial charge in [0.1, 0.15) is 5.76 Å². The van der Waals surface area contributed by atoms with Gasteiger partial charge in [-0.05, 0) is 12.5 Å². The quantitative estimate of drug-likeness (QED) is 0.615. The Bertz CT molecular complexity index is 541. The lowest BCUT2D eigenvalue weighted by Gasteiger charge is -2.33. The highest BCUT2D eigenvalue weighted by molar-refractivity contribution is 5.89. The molecule has 1 heterocycles. The van der Waals surface area contributed by atoms with Crippen molar-refractivity contribution < 1.29 is 14.3 Å². The third-order valence-corrected chi connectivity index (χ3v) is 3.35. The Kier molecular flexibility index (Phi) is 3.98. The number of hydrogen-bond acceptors (Lipinski definition) is 3. The van der Waals surface area contributed by atoms with Crippen LogP contribution in [0.4, 0.5) is 0 Å². The molecular formula is C17H20O3. The first kappa shape index (κ1) is 14.4. The Balaban J connectivity index is 2.25. The maximum Gasteiger partial charge on any atom is 0.340 e. The number of hydrogen-bond donors (Lipinski definition) is 0. The normalized spacial score (nSPS) is 19.1. The minimum atomic E-state index is -0.908. The summed E-state index contributed by atoms with van der Waals surface area (Å²) >= 11 is 0. The molecule has 0 aromatic heterocycles. The molecule has 1 aliphatic heterocycles. The van der Waals surface area contributed by atoms with Gasteiger partial charge in [0.15, 0.2) is 0 Å². The van der Waals surface area contributed by atoms with E-state index in [-0.39, 0.29) is 11.9 Å². The van der Waals surface area contributed by atoms with Crippen molar-refractivity contribution in [3.63, 3.8) is 0 Å². The standard InChI is InChI=1S/C17H20O3/c1-5-13(14-9-7-6-8-10-14)11-15-12(2)16(18)20-17(3,4)19-15/h5-10,13H,1,11H2,2-4H3/t13-/m1/s1. The molecule has 1 aliphatic rings. The first-order valence-electron chi connectivity index (χ1n) is 6.72. The molecule has 0 spiro atoms. The zero-order valence-corrected chi connectivity index (χ0v) is 12.2. The van der Waals surface area contributed by atoms with Crippen LogP contribution in [0.2, 0.25) is 0 Å². The third-order valence-electron chi connectivity index (χ3n) is 3.35. The molecular weight excluding hydrogens is 252 g/mol. The summed E-state index contributed by atoms with van der Waals surface area (Å²) in [4.78, 5) is 11.8. The Hall–Kier alpha value is -2.03. The zero-order valence-electron chi connectivity index (χ0n) is 12.2. The number of allylic oxidation sites excluding steroid dienone is 2. The van der Waals surface area contributed by atoms with Crippen molar-refractivity contribution in [3.05, 3.63) is 59.9 Å². The fourth-order valence-electron chi connectivity index (χ4n) is 2.24. The van der Waals surface area contributed by atoms with Crippen molar-refractivity contribution in [3.8, 4) is 0 Å². The molecule has 0 bridgehead atoms. The highest BCUT2D eigenvalue weighted by Crippen LogP contribution is 2.33. The lowest BCUT2D eigenvalue weighted by atomic mass is 9.93. The molecule has 0 saturated carbocycles. The Morgan fingerprint density at radius 3 is 2.50 bits per heavy atom. The van der Waals surface area contributed by atoms with E-state index in [9.17, 15) is 4.79 Å². The molecule has 0 N–H and O–H groups in total. The van der Waals surface area contributed by atoms with Gasteiger partial charge in [0.25, 0.3) is 0 Å². The van der Waals surface area contributed by atoms with Gasteiger partial charge in [-0.3, -0.25) is 0 Å². The molecule has 0 radical (unpaired) electrons. The molecule has 1 aromatic carbocycles. The van der Waals surface area contributed by atoms with Gasteiger partial charge in [-0.25, -0.2) is 4.79 Å². The number of carbonyl (C=O) groups excluding carboxylic acids is 1. The van der Waals surface area contributed by atoms with Gasteiger partial charge in [-0.2, -0.15) is 0 Å². The lowest BCUT2D eigenvalue weighted by Crippen LogP contribution is -2.36. The van der Waals surface area contributed by atoms with E-state index < -0.39 is 5.79 Å². The van der Waals surface area contributed by atoms with Crippen molar-refractivity contribution in [1.29, 1.82) is 0 Å². The first-order valence-corrected chi connectivity index (χ1v) is 6.72. The monoisotopic (exact) mass is 272 g/mol. The molecule has 1 atom stereocenters. The molecule has 3 heteroatoms. The summed E-state index contributed by atoms with van der Waals surface area (Å²) in [6.07, 6.45) is 2.49. The average molecular weight is 272 g/mol. The fraction of sp³-hybridized carbons (Fsp3) is 0.353. The van der Waals surface area contributed by atoms with Gasteiger partial charge in [0.2, 0.25) is 5.79 Å². The summed E-state index contributed by atoms with van der Waals surface area (Å²) in [5.41, 5.74) is 1.69. The summed E-state index contributed by atoms with van der Waals surface area (Å²) in [6.45, 7) is 9.10. The average Bonchev–Trinajstić information content (AvgIpc) is 2.41. The van der Waals surface area contributed by atoms with Crippen LogP contribution < -0.4 is 0 Å². The molecule has 0 aliphatic carbocycles. The van der Waals surface area contributed by atoms with Crippen LogP contribution in [-0.2, 0) is 14.3 Å². The Labute approximate surface area is 119 Å². The van der Waals surface area contributed by atoms with E-state index in [2.05, 4.69) is 18.7 Å². The number of esters is 1. The molecule has 1 aromatic rings. The summed E-state index contributed by atoms with van der Waals surface area (Å²) in [5.74, 6) is -0.427. The maximum atomic E-state index is 11.8. The molecule has 3 nitrogen and oxygen atoms in total. The smallest absolute Gasteiger partial charge is 0.340 e. The van der Waals surface area contributed by atoms with Crippen LogP contribution in [-0.4, -0.2) is 11.8 Å². The number of carbonyl (C=O) groups is 1. The van der Waals surface area contributed by atoms with Crippen LogP contribution in [0.15, 0.2) is 54.3 Å². The van der Waals surface area contributed by atoms with Crippen molar-refractivity contribution in [2.45, 2.75) is 38.9 Å². The molecule has 2 rings (SSSR count). The first-order chi connectivity index (χ1) is 9.43. The molecule has 20 heavy (non-hydrogen) atoms. The number of benzene rings is 1. The van der Waals surface area contributed by atoms with Gasteiger partial charge in [0, 0.05) is 26.2 Å². The van der Waals surface area contributed by atoms with Crippen LogP contribution in [0, 0.1) is 0 Å². The van der Waals surface area contributed by atoms with E-state index >= 15 is 0 Å². The topological polar surface area (TPSA) is 35.5 Å². The van der Waals surface area contributed by atoms with E-state index in [1.54, 1.807) is 20.8 Å². The predicted octanol–water partition coefficient (Wildman–Crippen LogP) is 3.93. The van der Waals surface area contributed by atoms with Gasteiger partial charge in [0.05, 0.1) is 5.57 Å². The maximum absolute atomic E-state index is 11.8. The number of ether oxygens (including phenoxy) is 2. The van der Waals surface area contributed by atoms with Crippen molar-refractivity contribution in [1.82, 2.24) is 0 Å². The van der Waals surface area contributed by atoms with Crippen molar-refractivity contribution in [2.75, 3.05) is 0 Å². The molecule has 106 valence electrons. The number of rotatable bonds is 4. The van der Waals surface area contributed by atoms with Crippen LogP contribution >= 0.6 is 0 Å². The predicted molar refractivity (Wildman–Crippen MR) is 78.0 cm³/mol. The van der Waals surface area contributed by atoms with E-state index in [0.717, 1.165) is 5.56 Å². The van der Waals surface area contributed by atoms with Gasteiger partial charge < -0.3 is 9.47 Å². The second-order valence-corrected chi connectivity index (χ2v) is 5.40. The Morgan fingerprint density at radius 2 is 1.90 bits per heavy atom. The van der Waals surface area contributed by atoms with Gasteiger partial charge in [-0.15, -0.1) is 6.58 Å². The van der Waals surface area contributed by atoms with Crippen LogP contribution in [0.3, 0.4) is 0 Å². The van der Waals surface area contributed by atoms with Gasteiger partial charge in [-0.1, -0.05) is 36.4 Å². The van der Waals surface area contributed by atoms with Crippen LogP contribution in [0.5, 0.6) is 0 Å². The van der Waals surface area contributed by atoms with E-state index in [4.69, 9.17) is 9.47 Å².